The monoisotopic (exact) mass is 788 g/mol. The summed E-state index contributed by atoms with van der Waals surface area (Å²) in [6.07, 6.45) is -7.89. The van der Waals surface area contributed by atoms with Gasteiger partial charge in [0.25, 0.3) is 0 Å². The highest BCUT2D eigenvalue weighted by molar-refractivity contribution is 5.89. The average molecular weight is 789 g/mol. The molecule has 2 fully saturated rings. The van der Waals surface area contributed by atoms with E-state index in [1.54, 1.807) is 31.4 Å². The lowest BCUT2D eigenvalue weighted by molar-refractivity contribution is -0.365. The van der Waals surface area contributed by atoms with Gasteiger partial charge in [-0.1, -0.05) is 140 Å². The topological polar surface area (TPSA) is 100 Å². The fourth-order valence-corrected chi connectivity index (χ4v) is 7.34. The predicted molar refractivity (Wildman–Crippen MR) is 216 cm³/mol. The number of hydrogen-bond acceptors (Lipinski definition) is 10. The van der Waals surface area contributed by atoms with E-state index in [1.807, 2.05) is 141 Å². The van der Waals surface area contributed by atoms with E-state index < -0.39 is 67.4 Å². The summed E-state index contributed by atoms with van der Waals surface area (Å²) < 4.78 is 59.3. The van der Waals surface area contributed by atoms with Gasteiger partial charge in [0.1, 0.15) is 30.5 Å². The molecule has 0 radical (unpaired) electrons. The number of esters is 1. The van der Waals surface area contributed by atoms with Gasteiger partial charge in [0.05, 0.1) is 44.2 Å². The summed E-state index contributed by atoms with van der Waals surface area (Å²) in [6, 6.07) is 48.3. The summed E-state index contributed by atoms with van der Waals surface area (Å²) in [5.41, 5.74) is 4.23. The highest BCUT2D eigenvalue weighted by atomic mass is 16.8. The van der Waals surface area contributed by atoms with Crippen molar-refractivity contribution in [2.45, 2.75) is 102 Å². The minimum absolute atomic E-state index is 0.223. The minimum Gasteiger partial charge on any atom is -0.450 e. The van der Waals surface area contributed by atoms with Gasteiger partial charge >= 0.3 is 5.97 Å². The molecule has 0 aromatic heterocycles. The molecule has 2 saturated heterocycles. The van der Waals surface area contributed by atoms with Gasteiger partial charge in [0.2, 0.25) is 0 Å². The second-order valence-corrected chi connectivity index (χ2v) is 14.5. The van der Waals surface area contributed by atoms with Gasteiger partial charge in [0, 0.05) is 7.11 Å². The molecule has 5 aromatic rings. The molecule has 0 spiro atoms. The molecule has 2 heterocycles. The lowest BCUT2D eigenvalue weighted by Crippen LogP contribution is -2.65. The van der Waals surface area contributed by atoms with E-state index >= 15 is 0 Å². The number of methoxy groups -OCH3 is 1. The normalized spacial score (nSPS) is 27.2. The number of rotatable bonds is 17. The van der Waals surface area contributed by atoms with Crippen molar-refractivity contribution in [3.63, 3.8) is 0 Å². The zero-order valence-corrected chi connectivity index (χ0v) is 33.1. The largest absolute Gasteiger partial charge is 0.450 e. The lowest BCUT2D eigenvalue weighted by Gasteiger charge is -2.49. The third-order valence-electron chi connectivity index (χ3n) is 10.4. The molecule has 58 heavy (non-hydrogen) atoms. The molecule has 0 N–H and O–H groups in total. The molecule has 5 aromatic carbocycles. The number of carbonyl (C=O) groups is 1. The Labute approximate surface area is 340 Å². The Morgan fingerprint density at radius 2 is 0.810 bits per heavy atom. The molecule has 10 atom stereocenters. The molecule has 0 saturated carbocycles. The van der Waals surface area contributed by atoms with Crippen LogP contribution in [-0.4, -0.2) is 74.5 Å². The second kappa shape index (κ2) is 20.8. The highest BCUT2D eigenvalue weighted by Crippen LogP contribution is 2.36. The molecule has 7 rings (SSSR count). The van der Waals surface area contributed by atoms with Crippen LogP contribution in [-0.2, 0) is 69.1 Å². The van der Waals surface area contributed by atoms with Crippen LogP contribution in [0.5, 0.6) is 0 Å². The van der Waals surface area contributed by atoms with Gasteiger partial charge < -0.3 is 42.6 Å². The summed E-state index contributed by atoms with van der Waals surface area (Å²) in [4.78, 5) is 14.0. The molecular weight excluding hydrogens is 737 g/mol. The van der Waals surface area contributed by atoms with Crippen LogP contribution >= 0.6 is 0 Å². The van der Waals surface area contributed by atoms with Crippen LogP contribution in [0.4, 0.5) is 0 Å². The molecule has 10 heteroatoms. The standard InChI is InChI=1S/C48H52O10/c1-33-40(51-29-35-19-9-4-10-20-35)42(53-31-37-23-13-6-14-24-37)45(57-46(49)39-27-17-8-18-28-39)48(56-33)58-43-41(52-30-36-21-11-5-12-22-36)34(2)55-47(50-3)44(43)54-32-38-25-15-7-16-26-38/h4-28,33-34,40-45,47-48H,29-32H2,1-3H3/t33-,34+,40-,41+,42+,43-,44-,45+,47-,48-/m0/s1. The molecule has 0 amide bonds. The molecule has 304 valence electrons. The Balaban J connectivity index is 1.25. The molecule has 2 aliphatic heterocycles. The van der Waals surface area contributed by atoms with Crippen molar-refractivity contribution in [3.05, 3.63) is 179 Å². The average Bonchev–Trinajstić information content (AvgIpc) is 3.27. The summed E-state index contributed by atoms with van der Waals surface area (Å²) in [7, 11) is 1.57. The Hall–Kier alpha value is -4.75. The first-order chi connectivity index (χ1) is 28.5. The Bertz CT molecular complexity index is 1930. The highest BCUT2D eigenvalue weighted by Gasteiger charge is 2.54. The van der Waals surface area contributed by atoms with Gasteiger partial charge in [-0.25, -0.2) is 4.79 Å². The number of ether oxygens (including phenoxy) is 9. The maximum absolute atomic E-state index is 14.0. The van der Waals surface area contributed by atoms with Crippen LogP contribution in [0.3, 0.4) is 0 Å². The third kappa shape index (κ3) is 10.8. The summed E-state index contributed by atoms with van der Waals surface area (Å²) in [6.45, 7) is 4.88. The third-order valence-corrected chi connectivity index (χ3v) is 10.4. The SMILES string of the molecule is CO[C@H]1O[C@H](C)[C@@H](OCc2ccccc2)[C@H](O[C@@H]2O[C@@H](C)[C@H](OCc3ccccc3)[C@@H](OCc3ccccc3)[C@H]2OC(=O)c2ccccc2)[C@@H]1OCc1ccccc1. The van der Waals surface area contributed by atoms with Crippen LogP contribution in [0, 0.1) is 0 Å². The lowest BCUT2D eigenvalue weighted by atomic mass is 9.96. The fourth-order valence-electron chi connectivity index (χ4n) is 7.34. The van der Waals surface area contributed by atoms with E-state index in [9.17, 15) is 4.79 Å². The van der Waals surface area contributed by atoms with Crippen LogP contribution in [0.1, 0.15) is 46.5 Å². The quantitative estimate of drug-likeness (QED) is 0.0861. The summed E-state index contributed by atoms with van der Waals surface area (Å²) in [5.74, 6) is -0.559. The van der Waals surface area contributed by atoms with Crippen molar-refractivity contribution in [2.75, 3.05) is 7.11 Å². The van der Waals surface area contributed by atoms with Gasteiger partial charge in [-0.2, -0.15) is 0 Å². The van der Waals surface area contributed by atoms with E-state index in [0.29, 0.717) is 5.56 Å². The van der Waals surface area contributed by atoms with Crippen molar-refractivity contribution >= 4 is 5.97 Å². The molecule has 10 nitrogen and oxygen atoms in total. The Kier molecular flexibility index (Phi) is 14.8. The molecule has 0 bridgehead atoms. The first-order valence-corrected chi connectivity index (χ1v) is 19.8. The molecule has 2 aliphatic rings. The maximum atomic E-state index is 14.0. The van der Waals surface area contributed by atoms with Crippen molar-refractivity contribution in [1.82, 2.24) is 0 Å². The maximum Gasteiger partial charge on any atom is 0.338 e. The smallest absolute Gasteiger partial charge is 0.338 e. The van der Waals surface area contributed by atoms with Crippen molar-refractivity contribution in [3.8, 4) is 0 Å². The first kappa shape index (κ1) is 41.4. The zero-order valence-electron chi connectivity index (χ0n) is 33.1. The van der Waals surface area contributed by atoms with Crippen molar-refractivity contribution in [1.29, 1.82) is 0 Å². The summed E-state index contributed by atoms with van der Waals surface area (Å²) >= 11 is 0. The van der Waals surface area contributed by atoms with Crippen molar-refractivity contribution < 1.29 is 47.4 Å². The van der Waals surface area contributed by atoms with E-state index in [0.717, 1.165) is 22.3 Å². The van der Waals surface area contributed by atoms with Gasteiger partial charge in [0.15, 0.2) is 18.7 Å². The van der Waals surface area contributed by atoms with Crippen molar-refractivity contribution in [2.24, 2.45) is 0 Å². The second-order valence-electron chi connectivity index (χ2n) is 14.5. The van der Waals surface area contributed by atoms with Crippen LogP contribution in [0.2, 0.25) is 0 Å². The Morgan fingerprint density at radius 3 is 1.24 bits per heavy atom. The van der Waals surface area contributed by atoms with Gasteiger partial charge in [-0.15, -0.1) is 0 Å². The first-order valence-electron chi connectivity index (χ1n) is 19.8. The zero-order chi connectivity index (χ0) is 40.1. The minimum atomic E-state index is -1.15. The van der Waals surface area contributed by atoms with Gasteiger partial charge in [-0.05, 0) is 48.2 Å². The molecule has 0 aliphatic carbocycles. The van der Waals surface area contributed by atoms with Gasteiger partial charge in [-0.3, -0.25) is 0 Å². The van der Waals surface area contributed by atoms with E-state index in [4.69, 9.17) is 42.6 Å². The predicted octanol–water partition coefficient (Wildman–Crippen LogP) is 8.07. The van der Waals surface area contributed by atoms with E-state index in [-0.39, 0.29) is 26.4 Å². The fraction of sp³-hybridized carbons (Fsp3) is 0.354. The van der Waals surface area contributed by atoms with Crippen LogP contribution < -0.4 is 0 Å². The van der Waals surface area contributed by atoms with Crippen LogP contribution in [0.15, 0.2) is 152 Å². The molecule has 0 unspecified atom stereocenters. The molecular formula is C48H52O10. The van der Waals surface area contributed by atoms with E-state index in [2.05, 4.69) is 0 Å². The number of benzene rings is 5. The Morgan fingerprint density at radius 1 is 0.448 bits per heavy atom. The number of carbonyl (C=O) groups excluding carboxylic acids is 1. The van der Waals surface area contributed by atoms with Crippen LogP contribution in [0.25, 0.3) is 0 Å². The summed E-state index contributed by atoms with van der Waals surface area (Å²) in [5, 5.41) is 0. The van der Waals surface area contributed by atoms with E-state index in [1.165, 1.54) is 0 Å². The number of hydrogen-bond donors (Lipinski definition) is 0.